The van der Waals surface area contributed by atoms with Gasteiger partial charge >= 0.3 is 23.9 Å². The molecule has 0 radical (unpaired) electrons. The summed E-state index contributed by atoms with van der Waals surface area (Å²) in [7, 11) is 1.08. The lowest BCUT2D eigenvalue weighted by atomic mass is 9.97. The van der Waals surface area contributed by atoms with Crippen LogP contribution < -0.4 is 4.74 Å². The van der Waals surface area contributed by atoms with Gasteiger partial charge in [0.25, 0.3) is 0 Å². The van der Waals surface area contributed by atoms with E-state index in [9.17, 15) is 19.2 Å². The molecule has 11 nitrogen and oxygen atoms in total. The zero-order valence-electron chi connectivity index (χ0n) is 17.8. The molecule has 0 saturated carbocycles. The minimum absolute atomic E-state index is 0.132. The number of carbonyl (C=O) groups excluding carboxylic acids is 4. The highest BCUT2D eigenvalue weighted by atomic mass is 79.9. The average molecular weight is 593 g/mol. The monoisotopic (exact) mass is 591 g/mol. The van der Waals surface area contributed by atoms with Crippen molar-refractivity contribution in [2.45, 2.75) is 51.5 Å². The number of carbonyl (C=O) groups is 4. The van der Waals surface area contributed by atoms with E-state index in [2.05, 4.69) is 31.9 Å². The number of methoxy groups -OCH3 is 1. The molecule has 1 aromatic carbocycles. The van der Waals surface area contributed by atoms with E-state index in [0.29, 0.717) is 14.5 Å². The van der Waals surface area contributed by atoms with Gasteiger partial charge in [0.05, 0.1) is 27.7 Å². The Morgan fingerprint density at radius 3 is 1.85 bits per heavy atom. The second kappa shape index (κ2) is 11.4. The predicted molar refractivity (Wildman–Crippen MR) is 115 cm³/mol. The van der Waals surface area contributed by atoms with Gasteiger partial charge < -0.3 is 28.4 Å². The normalized spacial score (nSPS) is 24.1. The van der Waals surface area contributed by atoms with Gasteiger partial charge in [-0.1, -0.05) is 0 Å². The van der Waals surface area contributed by atoms with E-state index in [0.717, 1.165) is 27.9 Å². The molecular formula is C20H19Br2NO10. The Morgan fingerprint density at radius 2 is 1.39 bits per heavy atom. The number of nitriles is 1. The molecule has 1 aromatic rings. The lowest BCUT2D eigenvalue weighted by molar-refractivity contribution is -0.282. The van der Waals surface area contributed by atoms with Crippen molar-refractivity contribution < 1.29 is 47.6 Å². The Hall–Kier alpha value is -2.69. The van der Waals surface area contributed by atoms with Crippen LogP contribution in [0.3, 0.4) is 0 Å². The number of rotatable bonds is 6. The van der Waals surface area contributed by atoms with E-state index in [1.54, 1.807) is 0 Å². The molecule has 0 bridgehead atoms. The van der Waals surface area contributed by atoms with Gasteiger partial charge in [0, 0.05) is 20.8 Å². The summed E-state index contributed by atoms with van der Waals surface area (Å²) in [5.41, 5.74) is 0.308. The minimum Gasteiger partial charge on any atom is -0.467 e. The summed E-state index contributed by atoms with van der Waals surface area (Å²) in [5.74, 6) is -3.23. The maximum atomic E-state index is 12.4. The summed E-state index contributed by atoms with van der Waals surface area (Å²) in [6.07, 6.45) is -7.54. The van der Waals surface area contributed by atoms with Crippen molar-refractivity contribution >= 4 is 55.7 Å². The van der Waals surface area contributed by atoms with Gasteiger partial charge in [0.1, 0.15) is 0 Å². The fourth-order valence-electron chi connectivity index (χ4n) is 3.03. The third-order valence-corrected chi connectivity index (χ3v) is 5.37. The van der Waals surface area contributed by atoms with Crippen LogP contribution in [0.4, 0.5) is 0 Å². The number of nitrogens with zero attached hydrogens (tertiary/aromatic N) is 1. The van der Waals surface area contributed by atoms with Crippen LogP contribution in [0.2, 0.25) is 0 Å². The summed E-state index contributed by atoms with van der Waals surface area (Å²) in [6.45, 7) is 3.26. The third-order valence-electron chi connectivity index (χ3n) is 4.20. The maximum Gasteiger partial charge on any atom is 0.339 e. The fraction of sp³-hybridized carbons (Fsp3) is 0.450. The molecule has 0 aliphatic carbocycles. The molecule has 2 rings (SSSR count). The van der Waals surface area contributed by atoms with Crippen molar-refractivity contribution in [2.24, 2.45) is 0 Å². The molecule has 3 unspecified atom stereocenters. The van der Waals surface area contributed by atoms with E-state index < -0.39 is 54.6 Å². The van der Waals surface area contributed by atoms with Crippen molar-refractivity contribution in [1.82, 2.24) is 0 Å². The van der Waals surface area contributed by atoms with Gasteiger partial charge in [-0.2, -0.15) is 5.26 Å². The molecule has 5 atom stereocenters. The summed E-state index contributed by atoms with van der Waals surface area (Å²) < 4.78 is 32.7. The molecule has 1 fully saturated rings. The number of benzene rings is 1. The quantitative estimate of drug-likeness (QED) is 0.353. The molecule has 33 heavy (non-hydrogen) atoms. The van der Waals surface area contributed by atoms with Crippen molar-refractivity contribution in [3.05, 3.63) is 26.6 Å². The molecule has 0 spiro atoms. The van der Waals surface area contributed by atoms with Crippen LogP contribution in [0.1, 0.15) is 26.3 Å². The van der Waals surface area contributed by atoms with E-state index in [1.807, 2.05) is 6.07 Å². The maximum absolute atomic E-state index is 12.4. The highest BCUT2D eigenvalue weighted by Crippen LogP contribution is 2.38. The smallest absolute Gasteiger partial charge is 0.339 e. The Bertz CT molecular complexity index is 969. The molecule has 1 heterocycles. The largest absolute Gasteiger partial charge is 0.467 e. The van der Waals surface area contributed by atoms with Gasteiger partial charge in [0.15, 0.2) is 24.1 Å². The molecule has 0 N–H and O–H groups in total. The second-order valence-corrected chi connectivity index (χ2v) is 8.38. The molecule has 0 amide bonds. The van der Waals surface area contributed by atoms with Gasteiger partial charge in [0.2, 0.25) is 12.4 Å². The Kier molecular flexibility index (Phi) is 9.21. The summed E-state index contributed by atoms with van der Waals surface area (Å²) in [6, 6.07) is 4.90. The fourth-order valence-corrected chi connectivity index (χ4v) is 4.40. The summed E-state index contributed by atoms with van der Waals surface area (Å²) in [4.78, 5) is 47.8. The van der Waals surface area contributed by atoms with Crippen molar-refractivity contribution in [2.75, 3.05) is 7.11 Å². The van der Waals surface area contributed by atoms with Crippen LogP contribution in [0, 0.1) is 11.3 Å². The number of ether oxygens (including phenoxy) is 6. The SMILES string of the molecule is COC(=O)C1OC(Oc2c(Br)cc(C#N)cc2Br)C(OC(C)=O)[C@H](OC(C)=O)[C@@H]1OC(C)=O. The first-order chi connectivity index (χ1) is 15.5. The highest BCUT2D eigenvalue weighted by molar-refractivity contribution is 9.11. The van der Waals surface area contributed by atoms with Crippen LogP contribution in [-0.4, -0.2) is 61.7 Å². The van der Waals surface area contributed by atoms with Crippen LogP contribution in [0.5, 0.6) is 5.75 Å². The Balaban J connectivity index is 2.58. The van der Waals surface area contributed by atoms with Crippen LogP contribution >= 0.6 is 31.9 Å². The van der Waals surface area contributed by atoms with Crippen molar-refractivity contribution in [3.63, 3.8) is 0 Å². The zero-order valence-corrected chi connectivity index (χ0v) is 21.0. The van der Waals surface area contributed by atoms with E-state index in [1.165, 1.54) is 12.1 Å². The van der Waals surface area contributed by atoms with Gasteiger partial charge in [-0.3, -0.25) is 14.4 Å². The standard InChI is InChI=1S/C20H19Br2NO10/c1-8(24)29-15-16(30-9(2)25)18(31-10(3)26)20(33-17(15)19(27)28-4)32-14-12(21)5-11(7-23)6-13(14)22/h5-6,15-18,20H,1-4H3/t15-,16+,17?,18?,20?/m0/s1. The number of hydrogen-bond donors (Lipinski definition) is 0. The first kappa shape index (κ1) is 26.6. The minimum atomic E-state index is -1.59. The second-order valence-electron chi connectivity index (χ2n) is 6.67. The zero-order chi connectivity index (χ0) is 24.9. The first-order valence-corrected chi connectivity index (χ1v) is 10.9. The Labute approximate surface area is 205 Å². The van der Waals surface area contributed by atoms with E-state index in [-0.39, 0.29) is 5.75 Å². The Morgan fingerprint density at radius 1 is 0.909 bits per heavy atom. The number of hydrogen-bond acceptors (Lipinski definition) is 11. The number of esters is 4. The molecular weight excluding hydrogens is 574 g/mol. The predicted octanol–water partition coefficient (Wildman–Crippen LogP) is 2.16. The van der Waals surface area contributed by atoms with Crippen LogP contribution in [0.15, 0.2) is 21.1 Å². The summed E-state index contributed by atoms with van der Waals surface area (Å²) >= 11 is 6.56. The lowest BCUT2D eigenvalue weighted by Gasteiger charge is -2.43. The first-order valence-electron chi connectivity index (χ1n) is 9.29. The third kappa shape index (κ3) is 6.66. The average Bonchev–Trinajstić information content (AvgIpc) is 2.72. The van der Waals surface area contributed by atoms with Gasteiger partial charge in [-0.25, -0.2) is 4.79 Å². The molecule has 1 aliphatic rings. The molecule has 13 heteroatoms. The topological polar surface area (TPSA) is 147 Å². The summed E-state index contributed by atoms with van der Waals surface area (Å²) in [5, 5.41) is 9.13. The highest BCUT2D eigenvalue weighted by Gasteiger charge is 2.56. The van der Waals surface area contributed by atoms with Crippen LogP contribution in [0.25, 0.3) is 0 Å². The molecule has 178 valence electrons. The molecule has 0 aromatic heterocycles. The van der Waals surface area contributed by atoms with Gasteiger partial charge in [-0.15, -0.1) is 0 Å². The van der Waals surface area contributed by atoms with Crippen LogP contribution in [-0.2, 0) is 42.9 Å². The van der Waals surface area contributed by atoms with Crippen molar-refractivity contribution in [3.8, 4) is 11.8 Å². The van der Waals surface area contributed by atoms with E-state index in [4.69, 9.17) is 33.7 Å². The molecule has 1 saturated heterocycles. The van der Waals surface area contributed by atoms with Crippen molar-refractivity contribution in [1.29, 1.82) is 5.26 Å². The number of halogens is 2. The molecule has 1 aliphatic heterocycles. The van der Waals surface area contributed by atoms with E-state index >= 15 is 0 Å². The lowest BCUT2D eigenvalue weighted by Crippen LogP contribution is -2.64. The van der Waals surface area contributed by atoms with Gasteiger partial charge in [-0.05, 0) is 44.0 Å².